The van der Waals surface area contributed by atoms with Crippen LogP contribution in [0, 0.1) is 0 Å². The van der Waals surface area contributed by atoms with Crippen LogP contribution in [0.15, 0.2) is 43.0 Å². The second-order valence-corrected chi connectivity index (χ2v) is 7.06. The van der Waals surface area contributed by atoms with Gasteiger partial charge in [0, 0.05) is 0 Å². The highest BCUT2D eigenvalue weighted by Gasteiger charge is 2.51. The van der Waals surface area contributed by atoms with Gasteiger partial charge >= 0.3 is 6.18 Å². The quantitative estimate of drug-likeness (QED) is 0.777. The molecule has 0 saturated carbocycles. The van der Waals surface area contributed by atoms with E-state index in [1.54, 1.807) is 13.8 Å². The summed E-state index contributed by atoms with van der Waals surface area (Å²) < 4.78 is 44.2. The highest BCUT2D eigenvalue weighted by molar-refractivity contribution is 5.94. The smallest absolute Gasteiger partial charge is 0.379 e. The molecule has 0 saturated heterocycles. The average Bonchev–Trinajstić information content (AvgIpc) is 2.50. The van der Waals surface area contributed by atoms with Crippen LogP contribution in [0.3, 0.4) is 0 Å². The summed E-state index contributed by atoms with van der Waals surface area (Å²) in [7, 11) is 0. The number of alkyl halides is 3. The van der Waals surface area contributed by atoms with Crippen LogP contribution in [0.4, 0.5) is 13.2 Å². The minimum Gasteiger partial charge on any atom is -0.379 e. The molecule has 2 aromatic carbocycles. The van der Waals surface area contributed by atoms with Crippen LogP contribution < -0.4 is 0 Å². The zero-order valence-electron chi connectivity index (χ0n) is 14.9. The maximum Gasteiger partial charge on any atom is 0.419 e. The Morgan fingerprint density at radius 2 is 1.68 bits per heavy atom. The van der Waals surface area contributed by atoms with E-state index in [-0.39, 0.29) is 0 Å². The van der Waals surface area contributed by atoms with Crippen molar-refractivity contribution in [3.05, 3.63) is 54.1 Å². The molecule has 0 spiro atoms. The first kappa shape index (κ1) is 19.5. The minimum absolute atomic E-state index is 0.711. The van der Waals surface area contributed by atoms with Gasteiger partial charge in [-0.1, -0.05) is 48.6 Å². The van der Waals surface area contributed by atoms with Crippen LogP contribution in [0.25, 0.3) is 16.3 Å². The Bertz CT molecular complexity index is 789. The van der Waals surface area contributed by atoms with Crippen LogP contribution in [0.1, 0.15) is 38.8 Å². The average molecular weight is 352 g/mol. The van der Waals surface area contributed by atoms with Crippen LogP contribution in [0.2, 0.25) is 0 Å². The van der Waals surface area contributed by atoms with Crippen molar-refractivity contribution >= 4 is 16.3 Å². The lowest BCUT2D eigenvalue weighted by Crippen LogP contribution is -2.47. The molecule has 0 aliphatic heterocycles. The Morgan fingerprint density at radius 1 is 1.08 bits per heavy atom. The predicted octanol–water partition coefficient (Wildman–Crippen LogP) is 5.44. The molecule has 136 valence electrons. The van der Waals surface area contributed by atoms with Crippen LogP contribution >= 0.6 is 0 Å². The van der Waals surface area contributed by atoms with E-state index in [1.807, 2.05) is 43.3 Å². The molecule has 0 amide bonds. The SMILES string of the molecule is C=C(C)c1c(C(C)(C)OCC(C)(O)C(F)(F)F)ccc2ccccc12. The van der Waals surface area contributed by atoms with Crippen LogP contribution in [-0.2, 0) is 10.3 Å². The summed E-state index contributed by atoms with van der Waals surface area (Å²) in [5.74, 6) is 0. The summed E-state index contributed by atoms with van der Waals surface area (Å²) in [6.07, 6.45) is -4.76. The van der Waals surface area contributed by atoms with Crippen molar-refractivity contribution in [3.8, 4) is 0 Å². The summed E-state index contributed by atoms with van der Waals surface area (Å²) in [5.41, 5.74) is -1.56. The molecular formula is C20H23F3O2. The molecule has 0 heterocycles. The van der Waals surface area contributed by atoms with Gasteiger partial charge in [-0.25, -0.2) is 0 Å². The molecule has 1 N–H and O–H groups in total. The highest BCUT2D eigenvalue weighted by Crippen LogP contribution is 2.38. The maximum atomic E-state index is 12.9. The van der Waals surface area contributed by atoms with Gasteiger partial charge in [0.2, 0.25) is 0 Å². The Balaban J connectivity index is 2.46. The highest BCUT2D eigenvalue weighted by atomic mass is 19.4. The third-order valence-corrected chi connectivity index (χ3v) is 4.33. The fourth-order valence-electron chi connectivity index (χ4n) is 2.71. The van der Waals surface area contributed by atoms with Gasteiger partial charge in [0.15, 0.2) is 5.60 Å². The van der Waals surface area contributed by atoms with Crippen molar-refractivity contribution < 1.29 is 23.0 Å². The van der Waals surface area contributed by atoms with Gasteiger partial charge in [-0.15, -0.1) is 0 Å². The summed E-state index contributed by atoms with van der Waals surface area (Å²) in [4.78, 5) is 0. The Morgan fingerprint density at radius 3 is 2.24 bits per heavy atom. The van der Waals surface area contributed by atoms with Gasteiger partial charge < -0.3 is 9.84 Å². The third-order valence-electron chi connectivity index (χ3n) is 4.33. The lowest BCUT2D eigenvalue weighted by atomic mass is 9.86. The number of ether oxygens (including phenoxy) is 1. The zero-order chi connectivity index (χ0) is 19.0. The number of hydrogen-bond acceptors (Lipinski definition) is 2. The summed E-state index contributed by atoms with van der Waals surface area (Å²) in [6, 6.07) is 11.5. The molecule has 0 bridgehead atoms. The van der Waals surface area contributed by atoms with E-state index in [9.17, 15) is 18.3 Å². The lowest BCUT2D eigenvalue weighted by Gasteiger charge is -2.34. The van der Waals surface area contributed by atoms with Gasteiger partial charge in [-0.05, 0) is 49.6 Å². The molecule has 0 aliphatic carbocycles. The molecule has 0 aromatic heterocycles. The fraction of sp³-hybridized carbons (Fsp3) is 0.400. The second kappa shape index (κ2) is 6.46. The first-order valence-electron chi connectivity index (χ1n) is 7.98. The van der Waals surface area contributed by atoms with E-state index in [0.717, 1.165) is 27.5 Å². The van der Waals surface area contributed by atoms with Gasteiger partial charge in [-0.3, -0.25) is 0 Å². The molecule has 2 nitrogen and oxygen atoms in total. The number of fused-ring (bicyclic) bond motifs is 1. The minimum atomic E-state index is -4.76. The molecule has 1 unspecified atom stereocenters. The van der Waals surface area contributed by atoms with E-state index < -0.39 is 24.0 Å². The summed E-state index contributed by atoms with van der Waals surface area (Å²) in [5, 5.41) is 11.6. The number of hydrogen-bond donors (Lipinski definition) is 1. The predicted molar refractivity (Wildman–Crippen MR) is 94.3 cm³/mol. The van der Waals surface area contributed by atoms with E-state index >= 15 is 0 Å². The van der Waals surface area contributed by atoms with Crippen molar-refractivity contribution in [2.24, 2.45) is 0 Å². The number of allylic oxidation sites excluding steroid dienone is 1. The van der Waals surface area contributed by atoms with Gasteiger partial charge in [0.25, 0.3) is 0 Å². The normalized spacial score (nSPS) is 15.2. The largest absolute Gasteiger partial charge is 0.419 e. The molecule has 25 heavy (non-hydrogen) atoms. The molecular weight excluding hydrogens is 329 g/mol. The monoisotopic (exact) mass is 352 g/mol. The fourth-order valence-corrected chi connectivity index (χ4v) is 2.71. The van der Waals surface area contributed by atoms with Gasteiger partial charge in [0.05, 0.1) is 12.2 Å². The van der Waals surface area contributed by atoms with E-state index in [2.05, 4.69) is 6.58 Å². The first-order chi connectivity index (χ1) is 11.4. The zero-order valence-corrected chi connectivity index (χ0v) is 14.9. The first-order valence-corrected chi connectivity index (χ1v) is 7.98. The Labute approximate surface area is 145 Å². The standard InChI is InChI=1S/C20H23F3O2/c1-13(2)17-15-9-7-6-8-14(15)10-11-16(17)18(3,4)25-12-19(5,24)20(21,22)23/h6-11,24H,1,12H2,2-5H3. The van der Waals surface area contributed by atoms with E-state index in [4.69, 9.17) is 4.74 Å². The molecule has 0 radical (unpaired) electrons. The van der Waals surface area contributed by atoms with Crippen molar-refractivity contribution in [2.75, 3.05) is 6.61 Å². The number of rotatable bonds is 5. The lowest BCUT2D eigenvalue weighted by molar-refractivity contribution is -0.276. The van der Waals surface area contributed by atoms with Crippen molar-refractivity contribution in [3.63, 3.8) is 0 Å². The van der Waals surface area contributed by atoms with Crippen LogP contribution in [-0.4, -0.2) is 23.5 Å². The maximum absolute atomic E-state index is 12.9. The summed E-state index contributed by atoms with van der Waals surface area (Å²) in [6.45, 7) is 9.10. The molecule has 2 aromatic rings. The number of aliphatic hydroxyl groups is 1. The Kier molecular flexibility index (Phi) is 5.04. The molecule has 2 rings (SSSR count). The topological polar surface area (TPSA) is 29.5 Å². The number of benzene rings is 2. The van der Waals surface area contributed by atoms with Gasteiger partial charge in [0.1, 0.15) is 0 Å². The van der Waals surface area contributed by atoms with Crippen molar-refractivity contribution in [1.82, 2.24) is 0 Å². The van der Waals surface area contributed by atoms with E-state index in [0.29, 0.717) is 6.92 Å². The molecule has 5 heteroatoms. The van der Waals surface area contributed by atoms with Crippen LogP contribution in [0.5, 0.6) is 0 Å². The second-order valence-electron chi connectivity index (χ2n) is 7.06. The Hall–Kier alpha value is -1.85. The molecule has 0 aliphatic rings. The molecule has 0 fully saturated rings. The van der Waals surface area contributed by atoms with Gasteiger partial charge in [-0.2, -0.15) is 13.2 Å². The molecule has 1 atom stereocenters. The summed E-state index contributed by atoms with van der Waals surface area (Å²) >= 11 is 0. The van der Waals surface area contributed by atoms with Crippen molar-refractivity contribution in [2.45, 2.75) is 45.1 Å². The third kappa shape index (κ3) is 3.88. The van der Waals surface area contributed by atoms with E-state index in [1.165, 1.54) is 0 Å². The van der Waals surface area contributed by atoms with Crippen molar-refractivity contribution in [1.29, 1.82) is 0 Å². The number of halogens is 3.